The molecule has 0 saturated carbocycles. The van der Waals surface area contributed by atoms with E-state index in [0.29, 0.717) is 28.5 Å². The molecule has 3 aromatic rings. The molecule has 0 aliphatic rings. The Morgan fingerprint density at radius 2 is 1.49 bits per heavy atom. The zero-order valence-corrected chi connectivity index (χ0v) is 21.7. The molecule has 0 aliphatic carbocycles. The molecule has 0 fully saturated rings. The third-order valence-corrected chi connectivity index (χ3v) is 6.50. The topological polar surface area (TPSA) is 98.2 Å². The standard InChI is InChI=1S/C28H33N5O2/c1-15-9-12-23(30-14-15)31-28(35)24-19(5)17(3)18(4)20(6)25(24)32-27(34)22-11-10-21(13-16(22)2)26(29)33(7)8/h9-14,29H,1-8H3,(H,32,34)(H,30,31,35). The number of anilines is 2. The van der Waals surface area contributed by atoms with Crippen LogP contribution >= 0.6 is 0 Å². The van der Waals surface area contributed by atoms with E-state index in [0.717, 1.165) is 38.9 Å². The van der Waals surface area contributed by atoms with Gasteiger partial charge in [-0.15, -0.1) is 0 Å². The lowest BCUT2D eigenvalue weighted by atomic mass is 9.91. The van der Waals surface area contributed by atoms with Gasteiger partial charge in [-0.3, -0.25) is 15.0 Å². The Morgan fingerprint density at radius 3 is 2.06 bits per heavy atom. The van der Waals surface area contributed by atoms with Crippen LogP contribution in [0.5, 0.6) is 0 Å². The van der Waals surface area contributed by atoms with Crippen molar-refractivity contribution in [2.24, 2.45) is 0 Å². The van der Waals surface area contributed by atoms with Crippen molar-refractivity contribution >= 4 is 29.2 Å². The third kappa shape index (κ3) is 5.24. The molecule has 182 valence electrons. The Balaban J connectivity index is 2.01. The first-order valence-electron chi connectivity index (χ1n) is 11.4. The van der Waals surface area contributed by atoms with E-state index in [1.54, 1.807) is 29.3 Å². The predicted octanol–water partition coefficient (Wildman–Crippen LogP) is 5.32. The third-order valence-electron chi connectivity index (χ3n) is 6.50. The van der Waals surface area contributed by atoms with Crippen molar-refractivity contribution in [2.75, 3.05) is 24.7 Å². The molecule has 7 heteroatoms. The number of nitrogens with zero attached hydrogens (tertiary/aromatic N) is 2. The lowest BCUT2D eigenvalue weighted by molar-refractivity contribution is 0.102. The number of carbonyl (C=O) groups is 2. The van der Waals surface area contributed by atoms with Crippen LogP contribution in [0.25, 0.3) is 0 Å². The fourth-order valence-corrected chi connectivity index (χ4v) is 3.98. The molecule has 0 saturated heterocycles. The van der Waals surface area contributed by atoms with Gasteiger partial charge in [0, 0.05) is 31.4 Å². The number of aromatic nitrogens is 1. The number of hydrogen-bond donors (Lipinski definition) is 3. The van der Waals surface area contributed by atoms with E-state index >= 15 is 0 Å². The summed E-state index contributed by atoms with van der Waals surface area (Å²) < 4.78 is 0. The predicted molar refractivity (Wildman–Crippen MR) is 142 cm³/mol. The highest BCUT2D eigenvalue weighted by Crippen LogP contribution is 2.32. The van der Waals surface area contributed by atoms with Gasteiger partial charge in [0.25, 0.3) is 11.8 Å². The first-order chi connectivity index (χ1) is 16.4. The molecule has 3 N–H and O–H groups in total. The summed E-state index contributed by atoms with van der Waals surface area (Å²) in [6, 6.07) is 8.94. The van der Waals surface area contributed by atoms with Gasteiger partial charge in [0.15, 0.2) is 0 Å². The lowest BCUT2D eigenvalue weighted by Gasteiger charge is -2.21. The van der Waals surface area contributed by atoms with Gasteiger partial charge < -0.3 is 15.5 Å². The Hall–Kier alpha value is -4.00. The van der Waals surface area contributed by atoms with E-state index in [1.165, 1.54) is 0 Å². The van der Waals surface area contributed by atoms with Crippen LogP contribution in [0.15, 0.2) is 36.5 Å². The SMILES string of the molecule is Cc1ccc(NC(=O)c2c(C)c(C)c(C)c(C)c2NC(=O)c2ccc(C(=N)N(C)C)cc2C)nc1. The van der Waals surface area contributed by atoms with E-state index in [-0.39, 0.29) is 11.8 Å². The minimum Gasteiger partial charge on any atom is -0.363 e. The van der Waals surface area contributed by atoms with E-state index in [4.69, 9.17) is 5.41 Å². The molecule has 0 unspecified atom stereocenters. The van der Waals surface area contributed by atoms with Crippen LogP contribution in [0.3, 0.4) is 0 Å². The largest absolute Gasteiger partial charge is 0.363 e. The fraction of sp³-hybridized carbons (Fsp3) is 0.286. The minimum atomic E-state index is -0.327. The van der Waals surface area contributed by atoms with Crippen LogP contribution in [0.1, 0.15) is 59.7 Å². The maximum Gasteiger partial charge on any atom is 0.259 e. The van der Waals surface area contributed by atoms with Crippen LogP contribution in [0.2, 0.25) is 0 Å². The quantitative estimate of drug-likeness (QED) is 0.346. The van der Waals surface area contributed by atoms with Gasteiger partial charge in [-0.2, -0.15) is 0 Å². The molecular formula is C28H33N5O2. The summed E-state index contributed by atoms with van der Waals surface area (Å²) in [6.07, 6.45) is 1.69. The number of amides is 2. The Kier molecular flexibility index (Phi) is 7.39. The van der Waals surface area contributed by atoms with E-state index in [1.807, 2.05) is 67.8 Å². The molecule has 0 atom stereocenters. The molecule has 0 spiro atoms. The second-order valence-electron chi connectivity index (χ2n) is 9.15. The average molecular weight is 472 g/mol. The average Bonchev–Trinajstić information content (AvgIpc) is 2.81. The molecule has 3 rings (SSSR count). The molecule has 0 aliphatic heterocycles. The second kappa shape index (κ2) is 10.1. The molecule has 0 radical (unpaired) electrons. The normalized spacial score (nSPS) is 10.6. The number of benzene rings is 2. The van der Waals surface area contributed by atoms with Crippen molar-refractivity contribution in [1.82, 2.24) is 9.88 Å². The smallest absolute Gasteiger partial charge is 0.259 e. The van der Waals surface area contributed by atoms with Gasteiger partial charge in [0.05, 0.1) is 11.3 Å². The van der Waals surface area contributed by atoms with Crippen molar-refractivity contribution in [3.63, 3.8) is 0 Å². The second-order valence-corrected chi connectivity index (χ2v) is 9.15. The Bertz CT molecular complexity index is 1320. The van der Waals surface area contributed by atoms with Gasteiger partial charge in [0.2, 0.25) is 0 Å². The number of rotatable bonds is 5. The summed E-state index contributed by atoms with van der Waals surface area (Å²) in [7, 11) is 3.61. The van der Waals surface area contributed by atoms with Gasteiger partial charge >= 0.3 is 0 Å². The summed E-state index contributed by atoms with van der Waals surface area (Å²) in [5.41, 5.74) is 7.55. The summed E-state index contributed by atoms with van der Waals surface area (Å²) >= 11 is 0. The fourth-order valence-electron chi connectivity index (χ4n) is 3.98. The molecule has 2 amide bonds. The molecule has 1 aromatic heterocycles. The maximum absolute atomic E-state index is 13.4. The Morgan fingerprint density at radius 1 is 0.829 bits per heavy atom. The van der Waals surface area contributed by atoms with Gasteiger partial charge in [-0.1, -0.05) is 12.1 Å². The van der Waals surface area contributed by atoms with E-state index in [9.17, 15) is 9.59 Å². The summed E-state index contributed by atoms with van der Waals surface area (Å²) in [5, 5.41) is 14.1. The number of nitrogens with one attached hydrogen (secondary N) is 3. The minimum absolute atomic E-state index is 0.307. The summed E-state index contributed by atoms with van der Waals surface area (Å²) in [4.78, 5) is 32.7. The van der Waals surface area contributed by atoms with Crippen LogP contribution in [0, 0.1) is 47.0 Å². The molecule has 7 nitrogen and oxygen atoms in total. The number of carbonyl (C=O) groups excluding carboxylic acids is 2. The summed E-state index contributed by atoms with van der Waals surface area (Å²) in [5.74, 6) is 0.179. The van der Waals surface area contributed by atoms with Gasteiger partial charge in [0.1, 0.15) is 11.7 Å². The summed E-state index contributed by atoms with van der Waals surface area (Å²) in [6.45, 7) is 11.5. The number of hydrogen-bond acceptors (Lipinski definition) is 4. The zero-order chi connectivity index (χ0) is 26.0. The lowest BCUT2D eigenvalue weighted by Crippen LogP contribution is -2.23. The highest BCUT2D eigenvalue weighted by Gasteiger charge is 2.23. The van der Waals surface area contributed by atoms with Crippen molar-refractivity contribution < 1.29 is 9.59 Å². The van der Waals surface area contributed by atoms with Crippen LogP contribution in [0.4, 0.5) is 11.5 Å². The molecular weight excluding hydrogens is 438 g/mol. The van der Waals surface area contributed by atoms with Crippen LogP contribution in [-0.2, 0) is 0 Å². The molecule has 0 bridgehead atoms. The number of amidine groups is 1. The van der Waals surface area contributed by atoms with Gasteiger partial charge in [-0.25, -0.2) is 4.98 Å². The molecule has 2 aromatic carbocycles. The molecule has 35 heavy (non-hydrogen) atoms. The van der Waals surface area contributed by atoms with Crippen molar-refractivity contribution in [3.8, 4) is 0 Å². The first-order valence-corrected chi connectivity index (χ1v) is 11.4. The van der Waals surface area contributed by atoms with Crippen molar-refractivity contribution in [1.29, 1.82) is 5.41 Å². The van der Waals surface area contributed by atoms with E-state index in [2.05, 4.69) is 15.6 Å². The van der Waals surface area contributed by atoms with Crippen LogP contribution < -0.4 is 10.6 Å². The number of pyridine rings is 1. The van der Waals surface area contributed by atoms with Crippen molar-refractivity contribution in [3.05, 3.63) is 86.6 Å². The molecule has 1 heterocycles. The highest BCUT2D eigenvalue weighted by molar-refractivity contribution is 6.14. The van der Waals surface area contributed by atoms with Crippen molar-refractivity contribution in [2.45, 2.75) is 41.5 Å². The maximum atomic E-state index is 13.4. The van der Waals surface area contributed by atoms with Crippen LogP contribution in [-0.4, -0.2) is 41.6 Å². The Labute approximate surface area is 207 Å². The first kappa shape index (κ1) is 25.6. The highest BCUT2D eigenvalue weighted by atomic mass is 16.2. The van der Waals surface area contributed by atoms with E-state index < -0.39 is 0 Å². The zero-order valence-electron chi connectivity index (χ0n) is 21.7. The monoisotopic (exact) mass is 471 g/mol. The number of aryl methyl sites for hydroxylation is 2. The van der Waals surface area contributed by atoms with Gasteiger partial charge in [-0.05, 0) is 93.1 Å².